The van der Waals surface area contributed by atoms with Gasteiger partial charge in [0, 0.05) is 11.3 Å². The van der Waals surface area contributed by atoms with E-state index in [1.807, 2.05) is 30.3 Å². The van der Waals surface area contributed by atoms with Crippen molar-refractivity contribution in [2.24, 2.45) is 5.84 Å². The summed E-state index contributed by atoms with van der Waals surface area (Å²) in [6, 6.07) is 18.1. The summed E-state index contributed by atoms with van der Waals surface area (Å²) in [4.78, 5) is 20.4. The number of esters is 1. The van der Waals surface area contributed by atoms with Crippen LogP contribution >= 0.6 is 0 Å². The van der Waals surface area contributed by atoms with Gasteiger partial charge >= 0.3 is 5.97 Å². The molecule has 3 rings (SSSR count). The SMILES string of the molecule is CCOC(=O)c1ccc(Nc2nc(NN)nc(-c3ccccc3)c2C#N)cc1. The summed E-state index contributed by atoms with van der Waals surface area (Å²) in [6.07, 6.45) is 0. The summed E-state index contributed by atoms with van der Waals surface area (Å²) >= 11 is 0. The number of nitrogens with one attached hydrogen (secondary N) is 2. The summed E-state index contributed by atoms with van der Waals surface area (Å²) in [5.74, 6) is 5.57. The molecule has 0 fully saturated rings. The van der Waals surface area contributed by atoms with Crippen molar-refractivity contribution in [1.82, 2.24) is 9.97 Å². The third-order valence-corrected chi connectivity index (χ3v) is 3.86. The largest absolute Gasteiger partial charge is 0.462 e. The predicted molar refractivity (Wildman–Crippen MR) is 106 cm³/mol. The number of ether oxygens (including phenoxy) is 1. The molecule has 1 aromatic heterocycles. The number of nitrogen functional groups attached to an aromatic ring is 1. The molecule has 8 heteroatoms. The Hall–Kier alpha value is -3.96. The number of hydrogen-bond acceptors (Lipinski definition) is 8. The molecule has 0 amide bonds. The number of nitriles is 1. The van der Waals surface area contributed by atoms with Crippen LogP contribution in [0.4, 0.5) is 17.5 Å². The van der Waals surface area contributed by atoms with Crippen molar-refractivity contribution >= 4 is 23.4 Å². The number of anilines is 3. The molecule has 0 unspecified atom stereocenters. The molecule has 8 nitrogen and oxygen atoms in total. The second kappa shape index (κ2) is 8.62. The van der Waals surface area contributed by atoms with Gasteiger partial charge in [-0.2, -0.15) is 10.2 Å². The minimum atomic E-state index is -0.394. The van der Waals surface area contributed by atoms with E-state index >= 15 is 0 Å². The first-order valence-corrected chi connectivity index (χ1v) is 8.54. The lowest BCUT2D eigenvalue weighted by Crippen LogP contribution is -2.13. The van der Waals surface area contributed by atoms with Crippen LogP contribution in [0.2, 0.25) is 0 Å². The first-order valence-electron chi connectivity index (χ1n) is 8.54. The van der Waals surface area contributed by atoms with Crippen LogP contribution < -0.4 is 16.6 Å². The Morgan fingerprint density at radius 2 is 1.86 bits per heavy atom. The van der Waals surface area contributed by atoms with Crippen LogP contribution in [0, 0.1) is 11.3 Å². The molecule has 1 heterocycles. The number of rotatable bonds is 6. The van der Waals surface area contributed by atoms with E-state index in [2.05, 4.69) is 26.8 Å². The van der Waals surface area contributed by atoms with Crippen LogP contribution in [0.25, 0.3) is 11.3 Å². The second-order valence-corrected chi connectivity index (χ2v) is 5.66. The summed E-state index contributed by atoms with van der Waals surface area (Å²) in [7, 11) is 0. The van der Waals surface area contributed by atoms with E-state index in [-0.39, 0.29) is 11.5 Å². The molecule has 0 bridgehead atoms. The van der Waals surface area contributed by atoms with Gasteiger partial charge in [0.1, 0.15) is 11.6 Å². The Morgan fingerprint density at radius 3 is 2.46 bits per heavy atom. The molecular weight excluding hydrogens is 356 g/mol. The van der Waals surface area contributed by atoms with Gasteiger partial charge in [-0.15, -0.1) is 0 Å². The predicted octanol–water partition coefficient (Wildman–Crippen LogP) is 3.22. The molecule has 0 radical (unpaired) electrons. The van der Waals surface area contributed by atoms with Gasteiger partial charge < -0.3 is 10.1 Å². The zero-order chi connectivity index (χ0) is 19.9. The molecule has 4 N–H and O–H groups in total. The van der Waals surface area contributed by atoms with Crippen molar-refractivity contribution in [3.8, 4) is 17.3 Å². The van der Waals surface area contributed by atoms with Gasteiger partial charge in [-0.05, 0) is 31.2 Å². The zero-order valence-corrected chi connectivity index (χ0v) is 15.1. The fourth-order valence-corrected chi connectivity index (χ4v) is 2.57. The fourth-order valence-electron chi connectivity index (χ4n) is 2.57. The van der Waals surface area contributed by atoms with Gasteiger partial charge in [0.2, 0.25) is 5.95 Å². The minimum Gasteiger partial charge on any atom is -0.462 e. The number of aromatic nitrogens is 2. The molecule has 3 aromatic rings. The highest BCUT2D eigenvalue weighted by molar-refractivity contribution is 5.90. The first kappa shape index (κ1) is 18.8. The number of nitrogens with two attached hydrogens (primary N) is 1. The molecule has 140 valence electrons. The van der Waals surface area contributed by atoms with E-state index in [4.69, 9.17) is 10.6 Å². The fraction of sp³-hybridized carbons (Fsp3) is 0.100. The summed E-state index contributed by atoms with van der Waals surface area (Å²) < 4.78 is 4.97. The minimum absolute atomic E-state index is 0.170. The van der Waals surface area contributed by atoms with E-state index in [1.54, 1.807) is 31.2 Å². The molecule has 0 atom stereocenters. The van der Waals surface area contributed by atoms with E-state index in [1.165, 1.54) is 0 Å². The Balaban J connectivity index is 1.98. The van der Waals surface area contributed by atoms with Crippen molar-refractivity contribution in [2.45, 2.75) is 6.92 Å². The lowest BCUT2D eigenvalue weighted by Gasteiger charge is -2.13. The lowest BCUT2D eigenvalue weighted by atomic mass is 10.1. The van der Waals surface area contributed by atoms with Crippen molar-refractivity contribution in [2.75, 3.05) is 17.3 Å². The van der Waals surface area contributed by atoms with Gasteiger partial charge in [-0.25, -0.2) is 15.6 Å². The molecule has 0 aliphatic carbocycles. The molecule has 0 saturated heterocycles. The highest BCUT2D eigenvalue weighted by Crippen LogP contribution is 2.29. The van der Waals surface area contributed by atoms with E-state index in [0.717, 1.165) is 5.56 Å². The van der Waals surface area contributed by atoms with Crippen molar-refractivity contribution < 1.29 is 9.53 Å². The number of carbonyl (C=O) groups excluding carboxylic acids is 1. The monoisotopic (exact) mass is 374 g/mol. The molecule has 0 aliphatic heterocycles. The highest BCUT2D eigenvalue weighted by Gasteiger charge is 2.16. The topological polar surface area (TPSA) is 126 Å². The number of nitrogens with zero attached hydrogens (tertiary/aromatic N) is 3. The summed E-state index contributed by atoms with van der Waals surface area (Å²) in [5.41, 5.74) is 4.99. The third kappa shape index (κ3) is 4.06. The number of hydrazine groups is 1. The molecule has 0 aliphatic rings. The zero-order valence-electron chi connectivity index (χ0n) is 15.1. The maximum atomic E-state index is 11.8. The Labute approximate surface area is 162 Å². The maximum absolute atomic E-state index is 11.8. The van der Waals surface area contributed by atoms with Gasteiger partial charge in [-0.3, -0.25) is 5.43 Å². The molecule has 0 saturated carbocycles. The number of benzene rings is 2. The standard InChI is InChI=1S/C20H18N6O2/c1-2-28-19(27)14-8-10-15(11-9-14)23-18-16(12-21)17(24-20(25-18)26-22)13-6-4-3-5-7-13/h3-11H,2,22H2,1H3,(H2,23,24,25,26). The van der Waals surface area contributed by atoms with Gasteiger partial charge in [0.05, 0.1) is 17.9 Å². The van der Waals surface area contributed by atoms with E-state index < -0.39 is 5.97 Å². The lowest BCUT2D eigenvalue weighted by molar-refractivity contribution is 0.0526. The van der Waals surface area contributed by atoms with Crippen LogP contribution in [0.15, 0.2) is 54.6 Å². The third-order valence-electron chi connectivity index (χ3n) is 3.86. The van der Waals surface area contributed by atoms with Crippen LogP contribution in [0.5, 0.6) is 0 Å². The van der Waals surface area contributed by atoms with Crippen molar-refractivity contribution in [3.63, 3.8) is 0 Å². The average Bonchev–Trinajstić information content (AvgIpc) is 2.74. The second-order valence-electron chi connectivity index (χ2n) is 5.66. The molecule has 0 spiro atoms. The summed E-state index contributed by atoms with van der Waals surface area (Å²) in [5, 5.41) is 12.8. The number of hydrogen-bond donors (Lipinski definition) is 3. The van der Waals surface area contributed by atoms with Gasteiger partial charge in [-0.1, -0.05) is 30.3 Å². The first-order chi connectivity index (χ1) is 13.7. The van der Waals surface area contributed by atoms with Gasteiger partial charge in [0.25, 0.3) is 0 Å². The van der Waals surface area contributed by atoms with Crippen molar-refractivity contribution in [1.29, 1.82) is 5.26 Å². The molecular formula is C20H18N6O2. The number of carbonyl (C=O) groups is 1. The van der Waals surface area contributed by atoms with Crippen LogP contribution in [-0.4, -0.2) is 22.5 Å². The van der Waals surface area contributed by atoms with Crippen molar-refractivity contribution in [3.05, 3.63) is 65.7 Å². The maximum Gasteiger partial charge on any atom is 0.338 e. The highest BCUT2D eigenvalue weighted by atomic mass is 16.5. The van der Waals surface area contributed by atoms with E-state index in [9.17, 15) is 10.1 Å². The van der Waals surface area contributed by atoms with Crippen LogP contribution in [0.3, 0.4) is 0 Å². The average molecular weight is 374 g/mol. The quantitative estimate of drug-likeness (QED) is 0.341. The Bertz CT molecular complexity index is 1010. The van der Waals surface area contributed by atoms with Crippen LogP contribution in [0.1, 0.15) is 22.8 Å². The van der Waals surface area contributed by atoms with Gasteiger partial charge in [0.15, 0.2) is 5.82 Å². The Morgan fingerprint density at radius 1 is 1.14 bits per heavy atom. The summed E-state index contributed by atoms with van der Waals surface area (Å²) in [6.45, 7) is 2.06. The normalized spacial score (nSPS) is 10.0. The van der Waals surface area contributed by atoms with Crippen LogP contribution in [-0.2, 0) is 4.74 Å². The molecule has 2 aromatic carbocycles. The molecule has 28 heavy (non-hydrogen) atoms. The smallest absolute Gasteiger partial charge is 0.338 e. The van der Waals surface area contributed by atoms with E-state index in [0.29, 0.717) is 29.4 Å². The Kier molecular flexibility index (Phi) is 5.79.